The van der Waals surface area contributed by atoms with Crippen molar-refractivity contribution in [2.45, 2.75) is 20.3 Å². The lowest BCUT2D eigenvalue weighted by atomic mass is 9.88. The molecule has 1 aromatic rings. The molecule has 0 unspecified atom stereocenters. The second kappa shape index (κ2) is 2.92. The molecule has 2 N–H and O–H groups in total. The molecule has 0 bridgehead atoms. The summed E-state index contributed by atoms with van der Waals surface area (Å²) in [5, 5.41) is 18.3. The van der Waals surface area contributed by atoms with Gasteiger partial charge in [-0.05, 0) is 13.8 Å². The molecule has 5 nitrogen and oxygen atoms in total. The molecule has 0 atom stereocenters. The summed E-state index contributed by atoms with van der Waals surface area (Å²) in [6.07, 6.45) is 2.97. The summed E-state index contributed by atoms with van der Waals surface area (Å²) >= 11 is 0. The first-order chi connectivity index (χ1) is 5.52. The van der Waals surface area contributed by atoms with Gasteiger partial charge in [-0.25, -0.2) is 0 Å². The van der Waals surface area contributed by atoms with Crippen LogP contribution in [0.5, 0.6) is 0 Å². The highest BCUT2D eigenvalue weighted by atomic mass is 16.4. The number of carboxylic acids is 1. The predicted octanol–water partition coefficient (Wildman–Crippen LogP) is 0.258. The molecule has 0 aliphatic heterocycles. The number of nitrogens with zero attached hydrogens (tertiary/aromatic N) is 2. The van der Waals surface area contributed by atoms with Crippen molar-refractivity contribution in [2.75, 3.05) is 0 Å². The van der Waals surface area contributed by atoms with E-state index < -0.39 is 11.4 Å². The van der Waals surface area contributed by atoms with Crippen LogP contribution in [0.1, 0.15) is 19.5 Å². The Hall–Kier alpha value is -1.39. The van der Waals surface area contributed by atoms with Crippen LogP contribution in [0.2, 0.25) is 0 Å². The maximum Gasteiger partial charge on any atom is 0.309 e. The summed E-state index contributed by atoms with van der Waals surface area (Å²) in [6, 6.07) is 0. The van der Waals surface area contributed by atoms with E-state index in [1.807, 2.05) is 0 Å². The molecule has 0 amide bonds. The van der Waals surface area contributed by atoms with E-state index in [0.29, 0.717) is 12.1 Å². The molecule has 0 saturated carbocycles. The van der Waals surface area contributed by atoms with Crippen LogP contribution in [0.25, 0.3) is 0 Å². The highest BCUT2D eigenvalue weighted by Gasteiger charge is 2.28. The van der Waals surface area contributed by atoms with Gasteiger partial charge in [0.05, 0.1) is 11.1 Å². The van der Waals surface area contributed by atoms with Gasteiger partial charge in [0.15, 0.2) is 0 Å². The molecule has 1 radical (unpaired) electrons. The van der Waals surface area contributed by atoms with Gasteiger partial charge in [-0.2, -0.15) is 0 Å². The Morgan fingerprint density at radius 3 is 2.83 bits per heavy atom. The molecule has 12 heavy (non-hydrogen) atoms. The van der Waals surface area contributed by atoms with Crippen LogP contribution in [0, 0.1) is 11.6 Å². The van der Waals surface area contributed by atoms with Gasteiger partial charge in [-0.3, -0.25) is 9.89 Å². The number of hydrogen-bond acceptors (Lipinski definition) is 3. The minimum absolute atomic E-state index is 0.332. The molecule has 0 spiro atoms. The number of carbonyl (C=O) groups is 1. The number of aliphatic carboxylic acids is 1. The average Bonchev–Trinajstić information content (AvgIpc) is 2.38. The summed E-state index contributed by atoms with van der Waals surface area (Å²) in [5.74, 6) is -0.848. The molecule has 65 valence electrons. The molecule has 0 saturated heterocycles. The predicted molar refractivity (Wildman–Crippen MR) is 40.3 cm³/mol. The SMILES string of the molecule is CC(C)(Cc1[c][nH]nn1)C(=O)O. The summed E-state index contributed by atoms with van der Waals surface area (Å²) in [7, 11) is 0. The van der Waals surface area contributed by atoms with Crippen molar-refractivity contribution in [1.29, 1.82) is 0 Å². The molecule has 1 rings (SSSR count). The van der Waals surface area contributed by atoms with Crippen molar-refractivity contribution in [3.63, 3.8) is 0 Å². The normalized spacial score (nSPS) is 11.5. The maximum absolute atomic E-state index is 10.7. The lowest BCUT2D eigenvalue weighted by Crippen LogP contribution is -2.26. The molecular weight excluding hydrogens is 158 g/mol. The van der Waals surface area contributed by atoms with Crippen LogP contribution >= 0.6 is 0 Å². The molecule has 0 aliphatic carbocycles. The smallest absolute Gasteiger partial charge is 0.309 e. The van der Waals surface area contributed by atoms with E-state index in [9.17, 15) is 4.79 Å². The van der Waals surface area contributed by atoms with Crippen molar-refractivity contribution in [3.8, 4) is 0 Å². The standard InChI is InChI=1S/C7H10N3O2/c1-7(2,6(11)12)3-5-4-8-10-9-5/h3H2,1-2H3,(H,11,12)(H,8,9,10). The van der Waals surface area contributed by atoms with Crippen LogP contribution < -0.4 is 0 Å². The van der Waals surface area contributed by atoms with Gasteiger partial charge in [0, 0.05) is 6.42 Å². The zero-order valence-corrected chi connectivity index (χ0v) is 6.96. The number of H-pyrrole nitrogens is 1. The van der Waals surface area contributed by atoms with E-state index in [1.165, 1.54) is 0 Å². The average molecular weight is 168 g/mol. The monoisotopic (exact) mass is 168 g/mol. The Bertz CT molecular complexity index is 266. The molecule has 0 aliphatic rings. The molecule has 0 aromatic carbocycles. The van der Waals surface area contributed by atoms with Gasteiger partial charge in [0.2, 0.25) is 0 Å². The van der Waals surface area contributed by atoms with Gasteiger partial charge in [0.25, 0.3) is 0 Å². The second-order valence-electron chi connectivity index (χ2n) is 3.25. The lowest BCUT2D eigenvalue weighted by Gasteiger charge is -2.16. The van der Waals surface area contributed by atoms with Gasteiger partial charge >= 0.3 is 5.97 Å². The fraction of sp³-hybridized carbons (Fsp3) is 0.571. The van der Waals surface area contributed by atoms with E-state index in [4.69, 9.17) is 5.11 Å². The molecule has 0 fully saturated rings. The fourth-order valence-electron chi connectivity index (χ4n) is 0.774. The van der Waals surface area contributed by atoms with Crippen LogP contribution in [0.3, 0.4) is 0 Å². The minimum atomic E-state index is -0.848. The maximum atomic E-state index is 10.7. The van der Waals surface area contributed by atoms with Crippen molar-refractivity contribution in [2.24, 2.45) is 5.41 Å². The van der Waals surface area contributed by atoms with Gasteiger partial charge in [0.1, 0.15) is 6.20 Å². The van der Waals surface area contributed by atoms with Gasteiger partial charge < -0.3 is 5.11 Å². The summed E-state index contributed by atoms with van der Waals surface area (Å²) < 4.78 is 0. The summed E-state index contributed by atoms with van der Waals surface area (Å²) in [5.41, 5.74) is -0.268. The van der Waals surface area contributed by atoms with E-state index in [2.05, 4.69) is 21.6 Å². The first-order valence-corrected chi connectivity index (χ1v) is 3.53. The second-order valence-corrected chi connectivity index (χ2v) is 3.25. The Kier molecular flexibility index (Phi) is 2.12. The van der Waals surface area contributed by atoms with E-state index in [0.717, 1.165) is 0 Å². The Morgan fingerprint density at radius 2 is 2.42 bits per heavy atom. The zero-order valence-electron chi connectivity index (χ0n) is 6.96. The number of aromatic amines is 1. The van der Waals surface area contributed by atoms with Gasteiger partial charge in [-0.1, -0.05) is 5.21 Å². The Balaban J connectivity index is 2.69. The number of rotatable bonds is 3. The lowest BCUT2D eigenvalue weighted by molar-refractivity contribution is -0.146. The first kappa shape index (κ1) is 8.70. The van der Waals surface area contributed by atoms with Gasteiger partial charge in [-0.15, -0.1) is 5.10 Å². The minimum Gasteiger partial charge on any atom is -0.481 e. The number of aromatic nitrogens is 3. The van der Waals surface area contributed by atoms with Crippen molar-refractivity contribution in [1.82, 2.24) is 15.4 Å². The van der Waals surface area contributed by atoms with Crippen LogP contribution in [0.4, 0.5) is 0 Å². The third-order valence-corrected chi connectivity index (χ3v) is 1.61. The van der Waals surface area contributed by atoms with E-state index in [-0.39, 0.29) is 0 Å². The Morgan fingerprint density at radius 1 is 1.75 bits per heavy atom. The number of nitrogens with one attached hydrogen (secondary N) is 1. The topological polar surface area (TPSA) is 78.9 Å². The third kappa shape index (κ3) is 1.81. The molecule has 1 aromatic heterocycles. The fourth-order valence-corrected chi connectivity index (χ4v) is 0.774. The van der Waals surface area contributed by atoms with E-state index in [1.54, 1.807) is 13.8 Å². The number of hydrogen-bond donors (Lipinski definition) is 2. The molecule has 5 heteroatoms. The Labute approximate surface area is 69.8 Å². The highest BCUT2D eigenvalue weighted by Crippen LogP contribution is 2.19. The first-order valence-electron chi connectivity index (χ1n) is 3.53. The van der Waals surface area contributed by atoms with Crippen molar-refractivity contribution >= 4 is 5.97 Å². The number of carboxylic acid groups (broad SMARTS) is 1. The van der Waals surface area contributed by atoms with E-state index >= 15 is 0 Å². The summed E-state index contributed by atoms with van der Waals surface area (Å²) in [4.78, 5) is 10.7. The summed E-state index contributed by atoms with van der Waals surface area (Å²) in [6.45, 7) is 3.27. The molecule has 1 heterocycles. The van der Waals surface area contributed by atoms with Crippen LogP contribution in [-0.2, 0) is 11.2 Å². The van der Waals surface area contributed by atoms with Crippen molar-refractivity contribution in [3.05, 3.63) is 11.9 Å². The molecular formula is C7H10N3O2. The van der Waals surface area contributed by atoms with Crippen LogP contribution in [-0.4, -0.2) is 26.5 Å². The van der Waals surface area contributed by atoms with Crippen LogP contribution in [0.15, 0.2) is 0 Å². The highest BCUT2D eigenvalue weighted by molar-refractivity contribution is 5.73. The van der Waals surface area contributed by atoms with Crippen molar-refractivity contribution < 1.29 is 9.90 Å². The zero-order chi connectivity index (χ0) is 9.19. The quantitative estimate of drug-likeness (QED) is 0.678. The third-order valence-electron chi connectivity index (χ3n) is 1.61. The largest absolute Gasteiger partial charge is 0.481 e.